The summed E-state index contributed by atoms with van der Waals surface area (Å²) >= 11 is 0. The number of nitrogens with zero attached hydrogens (tertiary/aromatic N) is 1. The highest BCUT2D eigenvalue weighted by atomic mass is 35.5. The van der Waals surface area contributed by atoms with Crippen LogP contribution in [0.5, 0.6) is 0 Å². The molecule has 7 heteroatoms. The van der Waals surface area contributed by atoms with Gasteiger partial charge in [0.25, 0.3) is 0 Å². The molecule has 3 rings (SSSR count). The van der Waals surface area contributed by atoms with Crippen LogP contribution in [-0.4, -0.2) is 29.6 Å². The molecule has 0 saturated carbocycles. The van der Waals surface area contributed by atoms with Crippen LogP contribution < -0.4 is 11.1 Å². The van der Waals surface area contributed by atoms with Crippen molar-refractivity contribution in [2.24, 2.45) is 5.73 Å². The molecule has 0 radical (unpaired) electrons. The van der Waals surface area contributed by atoms with E-state index in [2.05, 4.69) is 10.3 Å². The van der Waals surface area contributed by atoms with E-state index < -0.39 is 5.54 Å². The molecule has 2 aromatic rings. The molecule has 1 saturated heterocycles. The Bertz CT molecular complexity index is 662. The van der Waals surface area contributed by atoms with Crippen LogP contribution in [0.4, 0.5) is 5.69 Å². The minimum Gasteiger partial charge on any atom is -0.381 e. The Kier molecular flexibility index (Phi) is 7.63. The molecule has 1 aromatic carbocycles. The Labute approximate surface area is 153 Å². The lowest BCUT2D eigenvalue weighted by Gasteiger charge is -2.31. The van der Waals surface area contributed by atoms with Crippen molar-refractivity contribution in [2.75, 3.05) is 18.5 Å². The standard InChI is InChI=1S/C17H19N3O2.2ClH/c18-17(7-10-22-11-8-17)16(21)20-14-6-9-19-15(12-14)13-4-2-1-3-5-13;;/h1-6,9,12H,7-8,10-11,18H2,(H,19,20,21);2*1H. The fourth-order valence-electron chi connectivity index (χ4n) is 2.49. The van der Waals surface area contributed by atoms with Gasteiger partial charge in [0, 0.05) is 30.7 Å². The number of carbonyl (C=O) groups is 1. The number of nitrogens with one attached hydrogen (secondary N) is 1. The highest BCUT2D eigenvalue weighted by Crippen LogP contribution is 2.23. The van der Waals surface area contributed by atoms with Crippen LogP contribution in [0.15, 0.2) is 48.7 Å². The topological polar surface area (TPSA) is 77.2 Å². The van der Waals surface area contributed by atoms with Gasteiger partial charge in [0.05, 0.1) is 5.69 Å². The van der Waals surface area contributed by atoms with Gasteiger partial charge in [-0.1, -0.05) is 30.3 Å². The number of anilines is 1. The highest BCUT2D eigenvalue weighted by molar-refractivity contribution is 5.98. The second-order valence-corrected chi connectivity index (χ2v) is 5.52. The molecule has 2 heterocycles. The van der Waals surface area contributed by atoms with E-state index in [1.807, 2.05) is 36.4 Å². The number of hydrogen-bond donors (Lipinski definition) is 2. The Hall–Kier alpha value is -1.66. The molecular formula is C17H21Cl2N3O2. The van der Waals surface area contributed by atoms with Gasteiger partial charge in [0.15, 0.2) is 0 Å². The van der Waals surface area contributed by atoms with Crippen LogP contribution in [-0.2, 0) is 9.53 Å². The average Bonchev–Trinajstić information content (AvgIpc) is 2.56. The van der Waals surface area contributed by atoms with Crippen LogP contribution in [0.25, 0.3) is 11.3 Å². The highest BCUT2D eigenvalue weighted by Gasteiger charge is 2.35. The summed E-state index contributed by atoms with van der Waals surface area (Å²) in [6.07, 6.45) is 2.76. The zero-order chi connectivity index (χ0) is 15.4. The van der Waals surface area contributed by atoms with Crippen LogP contribution in [0, 0.1) is 0 Å². The van der Waals surface area contributed by atoms with Crippen molar-refractivity contribution >= 4 is 36.4 Å². The Morgan fingerprint density at radius 2 is 1.79 bits per heavy atom. The van der Waals surface area contributed by atoms with E-state index in [-0.39, 0.29) is 30.7 Å². The van der Waals surface area contributed by atoms with Crippen LogP contribution in [0.1, 0.15) is 12.8 Å². The molecule has 1 aliphatic rings. The summed E-state index contributed by atoms with van der Waals surface area (Å²) in [5, 5.41) is 2.90. The first-order valence-electron chi connectivity index (χ1n) is 7.37. The molecule has 130 valence electrons. The Morgan fingerprint density at radius 1 is 1.12 bits per heavy atom. The number of halogens is 2. The number of aromatic nitrogens is 1. The summed E-state index contributed by atoms with van der Waals surface area (Å²) in [5.74, 6) is -0.166. The number of benzene rings is 1. The predicted molar refractivity (Wildman–Crippen MR) is 99.8 cm³/mol. The summed E-state index contributed by atoms with van der Waals surface area (Å²) in [4.78, 5) is 16.8. The van der Waals surface area contributed by atoms with Crippen molar-refractivity contribution in [3.63, 3.8) is 0 Å². The zero-order valence-corrected chi connectivity index (χ0v) is 14.7. The van der Waals surface area contributed by atoms with Crippen LogP contribution >= 0.6 is 24.8 Å². The van der Waals surface area contributed by atoms with Crippen molar-refractivity contribution in [3.05, 3.63) is 48.7 Å². The maximum atomic E-state index is 12.4. The van der Waals surface area contributed by atoms with Gasteiger partial charge in [0.1, 0.15) is 5.54 Å². The summed E-state index contributed by atoms with van der Waals surface area (Å²) in [7, 11) is 0. The van der Waals surface area contributed by atoms with Crippen molar-refractivity contribution in [1.29, 1.82) is 0 Å². The van der Waals surface area contributed by atoms with E-state index in [0.29, 0.717) is 31.7 Å². The zero-order valence-electron chi connectivity index (χ0n) is 13.1. The van der Waals surface area contributed by atoms with Crippen molar-refractivity contribution in [1.82, 2.24) is 4.98 Å². The van der Waals surface area contributed by atoms with Gasteiger partial charge < -0.3 is 15.8 Å². The molecule has 0 spiro atoms. The number of rotatable bonds is 3. The van der Waals surface area contributed by atoms with E-state index in [1.54, 1.807) is 12.3 Å². The number of ether oxygens (including phenoxy) is 1. The minimum atomic E-state index is -0.853. The monoisotopic (exact) mass is 369 g/mol. The average molecular weight is 370 g/mol. The predicted octanol–water partition coefficient (Wildman–Crippen LogP) is 3.04. The van der Waals surface area contributed by atoms with E-state index in [4.69, 9.17) is 10.5 Å². The second-order valence-electron chi connectivity index (χ2n) is 5.52. The molecule has 5 nitrogen and oxygen atoms in total. The third-order valence-electron chi connectivity index (χ3n) is 3.92. The number of carbonyl (C=O) groups excluding carboxylic acids is 1. The maximum Gasteiger partial charge on any atom is 0.244 e. The first-order valence-corrected chi connectivity index (χ1v) is 7.37. The van der Waals surface area contributed by atoms with E-state index in [1.165, 1.54) is 0 Å². The fourth-order valence-corrected chi connectivity index (χ4v) is 2.49. The fraction of sp³-hybridized carbons (Fsp3) is 0.294. The normalized spacial score (nSPS) is 15.5. The van der Waals surface area contributed by atoms with E-state index >= 15 is 0 Å². The molecule has 1 aliphatic heterocycles. The molecule has 0 unspecified atom stereocenters. The largest absolute Gasteiger partial charge is 0.381 e. The molecule has 3 N–H and O–H groups in total. The van der Waals surface area contributed by atoms with Gasteiger partial charge in [-0.3, -0.25) is 9.78 Å². The summed E-state index contributed by atoms with van der Waals surface area (Å²) in [6, 6.07) is 13.5. The molecule has 0 bridgehead atoms. The Balaban J connectivity index is 0.00000144. The molecule has 1 aromatic heterocycles. The lowest BCUT2D eigenvalue weighted by molar-refractivity contribution is -0.124. The van der Waals surface area contributed by atoms with E-state index in [9.17, 15) is 4.79 Å². The third kappa shape index (κ3) is 4.68. The van der Waals surface area contributed by atoms with Crippen molar-refractivity contribution in [3.8, 4) is 11.3 Å². The van der Waals surface area contributed by atoms with Crippen LogP contribution in [0.3, 0.4) is 0 Å². The summed E-state index contributed by atoms with van der Waals surface area (Å²) in [5.41, 5.74) is 7.87. The van der Waals surface area contributed by atoms with Crippen molar-refractivity contribution < 1.29 is 9.53 Å². The molecule has 24 heavy (non-hydrogen) atoms. The van der Waals surface area contributed by atoms with Gasteiger partial charge in [-0.15, -0.1) is 24.8 Å². The first kappa shape index (κ1) is 20.4. The first-order chi connectivity index (χ1) is 10.7. The minimum absolute atomic E-state index is 0. The molecule has 0 aliphatic carbocycles. The van der Waals surface area contributed by atoms with Gasteiger partial charge >= 0.3 is 0 Å². The van der Waals surface area contributed by atoms with Gasteiger partial charge in [-0.25, -0.2) is 0 Å². The lowest BCUT2D eigenvalue weighted by atomic mass is 9.90. The second kappa shape index (κ2) is 8.99. The maximum absolute atomic E-state index is 12.4. The quantitative estimate of drug-likeness (QED) is 0.871. The molecular weight excluding hydrogens is 349 g/mol. The SMILES string of the molecule is Cl.Cl.NC1(C(=O)Nc2ccnc(-c3ccccc3)c2)CCOCC1. The molecule has 1 fully saturated rings. The lowest BCUT2D eigenvalue weighted by Crippen LogP contribution is -2.54. The van der Waals surface area contributed by atoms with E-state index in [0.717, 1.165) is 11.3 Å². The van der Waals surface area contributed by atoms with Gasteiger partial charge in [-0.05, 0) is 25.0 Å². The third-order valence-corrected chi connectivity index (χ3v) is 3.92. The number of hydrogen-bond acceptors (Lipinski definition) is 4. The smallest absolute Gasteiger partial charge is 0.244 e. The van der Waals surface area contributed by atoms with Gasteiger partial charge in [-0.2, -0.15) is 0 Å². The molecule has 0 atom stereocenters. The number of nitrogens with two attached hydrogens (primary N) is 1. The van der Waals surface area contributed by atoms with Crippen molar-refractivity contribution in [2.45, 2.75) is 18.4 Å². The summed E-state index contributed by atoms with van der Waals surface area (Å²) in [6.45, 7) is 1.05. The summed E-state index contributed by atoms with van der Waals surface area (Å²) < 4.78 is 5.27. The Morgan fingerprint density at radius 3 is 2.46 bits per heavy atom. The van der Waals surface area contributed by atoms with Gasteiger partial charge in [0.2, 0.25) is 5.91 Å². The van der Waals surface area contributed by atoms with Crippen LogP contribution in [0.2, 0.25) is 0 Å². The molecule has 1 amide bonds. The number of pyridine rings is 1. The number of amides is 1.